The molecule has 0 radical (unpaired) electrons. The summed E-state index contributed by atoms with van der Waals surface area (Å²) >= 11 is 6.93. The molecule has 2 atom stereocenters. The van der Waals surface area contributed by atoms with Crippen molar-refractivity contribution in [2.45, 2.75) is 11.3 Å². The second-order valence-electron chi connectivity index (χ2n) is 5.49. The molecule has 24 heavy (non-hydrogen) atoms. The van der Waals surface area contributed by atoms with E-state index in [9.17, 15) is 17.6 Å². The fourth-order valence-corrected chi connectivity index (χ4v) is 6.81. The highest BCUT2D eigenvalue weighted by atomic mass is 35.5. The maximum Gasteiger partial charge on any atom is 0.274 e. The molecule has 2 aliphatic heterocycles. The van der Waals surface area contributed by atoms with Crippen molar-refractivity contribution in [3.05, 3.63) is 29.0 Å². The number of nitrogens with zero attached hydrogens (tertiary/aromatic N) is 2. The molecule has 2 saturated heterocycles. The summed E-state index contributed by atoms with van der Waals surface area (Å²) in [7, 11) is -1.79. The molecule has 1 aromatic rings. The van der Waals surface area contributed by atoms with Gasteiger partial charge in [-0.1, -0.05) is 23.4 Å². The minimum atomic E-state index is -3.17. The van der Waals surface area contributed by atoms with E-state index in [-0.39, 0.29) is 28.4 Å². The van der Waals surface area contributed by atoms with Gasteiger partial charge in [-0.05, 0) is 18.2 Å². The van der Waals surface area contributed by atoms with E-state index in [1.165, 1.54) is 31.0 Å². The van der Waals surface area contributed by atoms with Gasteiger partial charge in [-0.25, -0.2) is 12.8 Å². The van der Waals surface area contributed by atoms with Crippen molar-refractivity contribution in [3.63, 3.8) is 0 Å². The van der Waals surface area contributed by atoms with E-state index >= 15 is 0 Å². The molecule has 0 unspecified atom stereocenters. The highest BCUT2D eigenvalue weighted by Gasteiger charge is 2.49. The first-order chi connectivity index (χ1) is 11.3. The first kappa shape index (κ1) is 17.7. The third-order valence-corrected chi connectivity index (χ3v) is 7.25. The predicted octanol–water partition coefficient (Wildman–Crippen LogP) is 1.73. The van der Waals surface area contributed by atoms with Crippen molar-refractivity contribution in [1.82, 2.24) is 0 Å². The fraction of sp³-hybridized carbons (Fsp3) is 0.429. The molecular weight excluding hydrogens is 379 g/mol. The van der Waals surface area contributed by atoms with Crippen LogP contribution >= 0.6 is 23.4 Å². The zero-order valence-corrected chi connectivity index (χ0v) is 15.0. The lowest BCUT2D eigenvalue weighted by atomic mass is 10.2. The zero-order chi connectivity index (χ0) is 17.5. The van der Waals surface area contributed by atoms with Crippen LogP contribution in [-0.2, 0) is 19.4 Å². The molecule has 6 nitrogen and oxygen atoms in total. The van der Waals surface area contributed by atoms with Gasteiger partial charge in [-0.15, -0.1) is 0 Å². The van der Waals surface area contributed by atoms with E-state index in [0.717, 1.165) is 0 Å². The number of carbonyl (C=O) groups excluding carboxylic acids is 1. The van der Waals surface area contributed by atoms with E-state index in [2.05, 4.69) is 4.99 Å². The Balaban J connectivity index is 2.01. The Hall–Kier alpha value is -1.16. The molecule has 0 aromatic heterocycles. The van der Waals surface area contributed by atoms with Crippen molar-refractivity contribution >= 4 is 50.0 Å². The van der Waals surface area contributed by atoms with Gasteiger partial charge in [0.1, 0.15) is 12.4 Å². The lowest BCUT2D eigenvalue weighted by molar-refractivity contribution is -0.121. The van der Waals surface area contributed by atoms with Crippen LogP contribution < -0.4 is 4.90 Å². The Labute approximate surface area is 147 Å². The Morgan fingerprint density at radius 1 is 1.50 bits per heavy atom. The van der Waals surface area contributed by atoms with Gasteiger partial charge < -0.3 is 9.64 Å². The number of thioether (sulfide) groups is 1. The average Bonchev–Trinajstić information content (AvgIpc) is 2.93. The molecule has 3 rings (SSSR count). The van der Waals surface area contributed by atoms with Crippen LogP contribution in [0.4, 0.5) is 10.1 Å². The number of halogens is 2. The van der Waals surface area contributed by atoms with Crippen LogP contribution in [0.1, 0.15) is 0 Å². The van der Waals surface area contributed by atoms with E-state index < -0.39 is 27.6 Å². The molecule has 10 heteroatoms. The van der Waals surface area contributed by atoms with Gasteiger partial charge >= 0.3 is 0 Å². The van der Waals surface area contributed by atoms with Gasteiger partial charge in [0.2, 0.25) is 0 Å². The number of amides is 1. The van der Waals surface area contributed by atoms with Crippen molar-refractivity contribution in [2.24, 2.45) is 4.99 Å². The molecule has 0 aliphatic carbocycles. The molecule has 2 fully saturated rings. The number of anilines is 1. The first-order valence-electron chi connectivity index (χ1n) is 7.02. The minimum Gasteiger partial charge on any atom is -0.375 e. The van der Waals surface area contributed by atoms with Gasteiger partial charge in [-0.3, -0.25) is 4.79 Å². The molecule has 1 amide bonds. The molecule has 2 aliphatic rings. The Bertz CT molecular complexity index is 815. The number of methoxy groups -OCH3 is 1. The number of carbonyl (C=O) groups is 1. The molecule has 1 aromatic carbocycles. The van der Waals surface area contributed by atoms with Crippen LogP contribution in [0.5, 0.6) is 0 Å². The summed E-state index contributed by atoms with van der Waals surface area (Å²) in [6.45, 7) is -0.180. The number of sulfone groups is 1. The standard InChI is InChI=1S/C14H14ClFN2O4S2/c1-22-5-13(19)17-14-18(8-2-3-9(15)10(16)4-8)11-6-24(20,21)7-12(11)23-14/h2-4,11-12H,5-7H2,1H3/t11-,12-/m0/s1. The number of hydrogen-bond acceptors (Lipinski definition) is 5. The summed E-state index contributed by atoms with van der Waals surface area (Å²) in [6.07, 6.45) is 0. The largest absolute Gasteiger partial charge is 0.375 e. The van der Waals surface area contributed by atoms with Crippen molar-refractivity contribution in [2.75, 3.05) is 30.1 Å². The molecule has 2 heterocycles. The number of hydrogen-bond donors (Lipinski definition) is 0. The van der Waals surface area contributed by atoms with Crippen LogP contribution in [0, 0.1) is 5.82 Å². The fourth-order valence-electron chi connectivity index (χ4n) is 2.76. The van der Waals surface area contributed by atoms with Gasteiger partial charge in [0.15, 0.2) is 15.0 Å². The molecule has 130 valence electrons. The van der Waals surface area contributed by atoms with E-state index in [1.54, 1.807) is 11.0 Å². The maximum atomic E-state index is 13.8. The summed E-state index contributed by atoms with van der Waals surface area (Å²) < 4.78 is 42.4. The van der Waals surface area contributed by atoms with Crippen LogP contribution in [-0.4, -0.2) is 56.0 Å². The zero-order valence-electron chi connectivity index (χ0n) is 12.6. The number of rotatable bonds is 3. The predicted molar refractivity (Wildman–Crippen MR) is 92.0 cm³/mol. The smallest absolute Gasteiger partial charge is 0.274 e. The van der Waals surface area contributed by atoms with Crippen molar-refractivity contribution in [1.29, 1.82) is 0 Å². The Morgan fingerprint density at radius 3 is 2.92 bits per heavy atom. The lowest BCUT2D eigenvalue weighted by Crippen LogP contribution is -2.37. The molecule has 0 spiro atoms. The SMILES string of the molecule is COCC(=O)N=C1S[C@H]2CS(=O)(=O)C[C@@H]2N1c1ccc(Cl)c(F)c1. The Morgan fingerprint density at radius 2 is 2.25 bits per heavy atom. The number of fused-ring (bicyclic) bond motifs is 1. The van der Waals surface area contributed by atoms with Gasteiger partial charge in [-0.2, -0.15) is 4.99 Å². The van der Waals surface area contributed by atoms with Crippen LogP contribution in [0.15, 0.2) is 23.2 Å². The van der Waals surface area contributed by atoms with Gasteiger partial charge in [0, 0.05) is 18.0 Å². The van der Waals surface area contributed by atoms with E-state index in [0.29, 0.717) is 10.9 Å². The summed E-state index contributed by atoms with van der Waals surface area (Å²) in [6, 6.07) is 3.79. The highest BCUT2D eigenvalue weighted by molar-refractivity contribution is 8.16. The highest BCUT2D eigenvalue weighted by Crippen LogP contribution is 2.41. The third kappa shape index (κ3) is 3.44. The first-order valence-corrected chi connectivity index (χ1v) is 10.1. The number of benzene rings is 1. The molecule has 0 N–H and O–H groups in total. The normalized spacial score (nSPS) is 26.8. The third-order valence-electron chi connectivity index (χ3n) is 3.74. The second kappa shape index (κ2) is 6.62. The number of amidine groups is 1. The number of aliphatic imine (C=N–C) groups is 1. The molecule has 0 saturated carbocycles. The van der Waals surface area contributed by atoms with Gasteiger partial charge in [0.05, 0.1) is 22.6 Å². The maximum absolute atomic E-state index is 13.8. The minimum absolute atomic E-state index is 0.00634. The number of ether oxygens (including phenoxy) is 1. The quantitative estimate of drug-likeness (QED) is 0.779. The van der Waals surface area contributed by atoms with Crippen LogP contribution in [0.2, 0.25) is 5.02 Å². The average molecular weight is 393 g/mol. The van der Waals surface area contributed by atoms with Crippen molar-refractivity contribution < 1.29 is 22.3 Å². The summed E-state index contributed by atoms with van der Waals surface area (Å²) in [5.74, 6) is -1.16. The van der Waals surface area contributed by atoms with Crippen molar-refractivity contribution in [3.8, 4) is 0 Å². The topological polar surface area (TPSA) is 76.0 Å². The van der Waals surface area contributed by atoms with Crippen LogP contribution in [0.25, 0.3) is 0 Å². The lowest BCUT2D eigenvalue weighted by Gasteiger charge is -2.24. The van der Waals surface area contributed by atoms with E-state index in [4.69, 9.17) is 16.3 Å². The molecular formula is C14H14ClFN2O4S2. The van der Waals surface area contributed by atoms with Gasteiger partial charge in [0.25, 0.3) is 5.91 Å². The van der Waals surface area contributed by atoms with Crippen LogP contribution in [0.3, 0.4) is 0 Å². The Kier molecular flexibility index (Phi) is 4.87. The summed E-state index contributed by atoms with van der Waals surface area (Å²) in [5, 5.41) is 0.0710. The van der Waals surface area contributed by atoms with E-state index in [1.807, 2.05) is 0 Å². The monoisotopic (exact) mass is 392 g/mol. The second-order valence-corrected chi connectivity index (χ2v) is 9.26. The molecule has 0 bridgehead atoms. The summed E-state index contributed by atoms with van der Waals surface area (Å²) in [4.78, 5) is 17.4. The summed E-state index contributed by atoms with van der Waals surface area (Å²) in [5.41, 5.74) is 0.415.